The molecule has 2 heterocycles. The van der Waals surface area contributed by atoms with E-state index in [1.165, 1.54) is 6.07 Å². The van der Waals surface area contributed by atoms with Gasteiger partial charge < -0.3 is 5.32 Å². The number of anilines is 1. The maximum absolute atomic E-state index is 13.5. The number of aromatic nitrogens is 3. The number of hydrogen-bond acceptors (Lipinski definition) is 5. The first kappa shape index (κ1) is 18.3. The van der Waals surface area contributed by atoms with Crippen molar-refractivity contribution in [1.29, 1.82) is 0 Å². The van der Waals surface area contributed by atoms with Crippen LogP contribution < -0.4 is 11.1 Å². The summed E-state index contributed by atoms with van der Waals surface area (Å²) < 4.78 is 17.9. The van der Waals surface area contributed by atoms with E-state index < -0.39 is 11.6 Å². The van der Waals surface area contributed by atoms with Gasteiger partial charge >= 0.3 is 5.76 Å². The van der Waals surface area contributed by atoms with E-state index in [0.717, 1.165) is 17.3 Å². The fraction of sp³-hybridized carbons (Fsp3) is 0.0476. The van der Waals surface area contributed by atoms with E-state index in [4.69, 9.17) is 0 Å². The molecule has 1 amide bonds. The Bertz CT molecular complexity index is 1250. The van der Waals surface area contributed by atoms with E-state index >= 15 is 0 Å². The first-order valence-electron chi connectivity index (χ1n) is 8.69. The molecule has 2 aromatic carbocycles. The summed E-state index contributed by atoms with van der Waals surface area (Å²) in [6.45, 7) is 1.87. The molecule has 0 aliphatic rings. The van der Waals surface area contributed by atoms with Crippen LogP contribution in [0.4, 0.5) is 10.1 Å². The molecule has 0 atom stereocenters. The van der Waals surface area contributed by atoms with Crippen molar-refractivity contribution in [2.45, 2.75) is 6.92 Å². The summed E-state index contributed by atoms with van der Waals surface area (Å²) in [6.07, 6.45) is 2.70. The number of carbonyl (C=O) groups excluding carboxylic acids is 1. The van der Waals surface area contributed by atoms with Crippen molar-refractivity contribution in [1.82, 2.24) is 15.1 Å². The summed E-state index contributed by atoms with van der Waals surface area (Å²) in [5.74, 6) is -1.09. The average molecular weight is 390 g/mol. The number of aryl methyl sites for hydroxylation is 1. The molecule has 0 saturated carbocycles. The molecule has 4 rings (SSSR count). The quantitative estimate of drug-likeness (QED) is 0.552. The van der Waals surface area contributed by atoms with Crippen molar-refractivity contribution in [3.8, 4) is 22.5 Å². The van der Waals surface area contributed by atoms with Gasteiger partial charge in [0, 0.05) is 28.6 Å². The molecule has 0 bridgehead atoms. The zero-order chi connectivity index (χ0) is 20.4. The van der Waals surface area contributed by atoms with Crippen molar-refractivity contribution < 1.29 is 13.7 Å². The number of carbonyl (C=O) groups is 1. The predicted octanol–water partition coefficient (Wildman–Crippen LogP) is 3.79. The number of nitrogens with zero attached hydrogens (tertiary/aromatic N) is 2. The zero-order valence-electron chi connectivity index (χ0n) is 15.3. The minimum atomic E-state index is -0.648. The van der Waals surface area contributed by atoms with Crippen LogP contribution in [0.2, 0.25) is 0 Å². The van der Waals surface area contributed by atoms with E-state index in [2.05, 4.69) is 25.0 Å². The summed E-state index contributed by atoms with van der Waals surface area (Å²) >= 11 is 0. The molecule has 0 spiro atoms. The SMILES string of the molecule is Cc1ccc(-c2cncc(F)c2)cc1NC(=O)c1ccc(-c2noc(=O)[nH]2)cc1. The fourth-order valence-electron chi connectivity index (χ4n) is 2.83. The molecule has 0 radical (unpaired) electrons. The van der Waals surface area contributed by atoms with Gasteiger partial charge in [-0.15, -0.1) is 0 Å². The lowest BCUT2D eigenvalue weighted by molar-refractivity contribution is 0.102. The van der Waals surface area contributed by atoms with Crippen LogP contribution in [-0.2, 0) is 0 Å². The lowest BCUT2D eigenvalue weighted by Crippen LogP contribution is -2.12. The number of hydrogen-bond donors (Lipinski definition) is 2. The van der Waals surface area contributed by atoms with Crippen molar-refractivity contribution in [2.24, 2.45) is 0 Å². The molecule has 0 aliphatic carbocycles. The molecule has 2 N–H and O–H groups in total. The van der Waals surface area contributed by atoms with E-state index in [9.17, 15) is 14.0 Å². The summed E-state index contributed by atoms with van der Waals surface area (Å²) in [6, 6.07) is 13.4. The summed E-state index contributed by atoms with van der Waals surface area (Å²) in [4.78, 5) is 30.0. The molecule has 7 nitrogen and oxygen atoms in total. The maximum Gasteiger partial charge on any atom is 0.439 e. The summed E-state index contributed by atoms with van der Waals surface area (Å²) in [5.41, 5.74) is 3.88. The highest BCUT2D eigenvalue weighted by atomic mass is 19.1. The minimum Gasteiger partial charge on any atom is -0.322 e. The van der Waals surface area contributed by atoms with Crippen LogP contribution in [0.1, 0.15) is 15.9 Å². The highest BCUT2D eigenvalue weighted by Gasteiger charge is 2.11. The van der Waals surface area contributed by atoms with Gasteiger partial charge in [-0.05, 0) is 42.3 Å². The van der Waals surface area contributed by atoms with Gasteiger partial charge in [-0.2, -0.15) is 0 Å². The van der Waals surface area contributed by atoms with Gasteiger partial charge in [-0.1, -0.05) is 29.4 Å². The monoisotopic (exact) mass is 390 g/mol. The largest absolute Gasteiger partial charge is 0.439 e. The molecule has 144 valence electrons. The Balaban J connectivity index is 1.56. The van der Waals surface area contributed by atoms with E-state index in [1.807, 2.05) is 19.1 Å². The standard InChI is InChI=1S/C21H15FN4O3/c1-12-2-3-15(16-8-17(22)11-23-10-16)9-18(12)24-20(27)14-6-4-13(5-7-14)19-25-21(28)29-26-19/h2-11H,1H3,(H,24,27)(H,25,26,28). The number of H-pyrrole nitrogens is 1. The maximum atomic E-state index is 13.5. The Morgan fingerprint density at radius 1 is 1.03 bits per heavy atom. The zero-order valence-corrected chi connectivity index (χ0v) is 15.3. The van der Waals surface area contributed by atoms with Gasteiger partial charge in [0.25, 0.3) is 5.91 Å². The summed E-state index contributed by atoms with van der Waals surface area (Å²) in [7, 11) is 0. The lowest BCUT2D eigenvalue weighted by Gasteiger charge is -2.11. The van der Waals surface area contributed by atoms with Crippen molar-refractivity contribution in [3.63, 3.8) is 0 Å². The lowest BCUT2D eigenvalue weighted by atomic mass is 10.0. The van der Waals surface area contributed by atoms with Crippen LogP contribution in [0.5, 0.6) is 0 Å². The Morgan fingerprint density at radius 2 is 1.79 bits per heavy atom. The third-order valence-electron chi connectivity index (χ3n) is 4.38. The first-order chi connectivity index (χ1) is 14.0. The van der Waals surface area contributed by atoms with Crippen LogP contribution >= 0.6 is 0 Å². The highest BCUT2D eigenvalue weighted by molar-refractivity contribution is 6.05. The predicted molar refractivity (Wildman–Crippen MR) is 105 cm³/mol. The Morgan fingerprint density at radius 3 is 2.48 bits per heavy atom. The molecule has 0 aliphatic heterocycles. The topological polar surface area (TPSA) is 101 Å². The van der Waals surface area contributed by atoms with Crippen molar-refractivity contribution in [3.05, 3.63) is 88.4 Å². The van der Waals surface area contributed by atoms with Gasteiger partial charge in [-0.3, -0.25) is 19.3 Å². The van der Waals surface area contributed by atoms with Crippen LogP contribution in [0.3, 0.4) is 0 Å². The molecule has 0 fully saturated rings. The van der Waals surface area contributed by atoms with E-state index in [0.29, 0.717) is 22.4 Å². The van der Waals surface area contributed by atoms with Gasteiger partial charge in [0.05, 0.1) is 6.20 Å². The molecule has 0 saturated heterocycles. The van der Waals surface area contributed by atoms with Crippen LogP contribution in [0, 0.1) is 12.7 Å². The fourth-order valence-corrected chi connectivity index (χ4v) is 2.83. The van der Waals surface area contributed by atoms with E-state index in [1.54, 1.807) is 36.5 Å². The number of halogens is 1. The van der Waals surface area contributed by atoms with Crippen molar-refractivity contribution >= 4 is 11.6 Å². The second-order valence-corrected chi connectivity index (χ2v) is 6.40. The minimum absolute atomic E-state index is 0.286. The smallest absolute Gasteiger partial charge is 0.322 e. The molecule has 4 aromatic rings. The number of amides is 1. The van der Waals surface area contributed by atoms with Gasteiger partial charge in [0.15, 0.2) is 5.82 Å². The Labute approximate surface area is 164 Å². The Kier molecular flexibility index (Phi) is 4.74. The number of benzene rings is 2. The number of pyridine rings is 1. The van der Waals surface area contributed by atoms with Gasteiger partial charge in [0.2, 0.25) is 0 Å². The highest BCUT2D eigenvalue weighted by Crippen LogP contribution is 2.26. The van der Waals surface area contributed by atoms with Gasteiger partial charge in [0.1, 0.15) is 5.82 Å². The van der Waals surface area contributed by atoms with Crippen molar-refractivity contribution in [2.75, 3.05) is 5.32 Å². The van der Waals surface area contributed by atoms with E-state index in [-0.39, 0.29) is 11.7 Å². The van der Waals surface area contributed by atoms with Crippen LogP contribution in [0.15, 0.2) is 70.2 Å². The number of rotatable bonds is 4. The van der Waals surface area contributed by atoms with Crippen LogP contribution in [0.25, 0.3) is 22.5 Å². The Hall–Kier alpha value is -4.07. The second kappa shape index (κ2) is 7.51. The molecule has 8 heteroatoms. The van der Waals surface area contributed by atoms with Crippen LogP contribution in [-0.4, -0.2) is 21.0 Å². The molecule has 29 heavy (non-hydrogen) atoms. The van der Waals surface area contributed by atoms with Gasteiger partial charge in [-0.25, -0.2) is 9.18 Å². The molecule has 2 aromatic heterocycles. The number of aromatic amines is 1. The third-order valence-corrected chi connectivity index (χ3v) is 4.38. The molecular formula is C21H15FN4O3. The molecule has 0 unspecified atom stereocenters. The average Bonchev–Trinajstić information content (AvgIpc) is 3.16. The summed E-state index contributed by atoms with van der Waals surface area (Å²) in [5, 5.41) is 6.48. The second-order valence-electron chi connectivity index (χ2n) is 6.40. The normalized spacial score (nSPS) is 10.7. The number of nitrogens with one attached hydrogen (secondary N) is 2. The molecular weight excluding hydrogens is 375 g/mol. The first-order valence-corrected chi connectivity index (χ1v) is 8.69. The third kappa shape index (κ3) is 3.96.